The van der Waals surface area contributed by atoms with Crippen LogP contribution >= 0.6 is 0 Å². The zero-order chi connectivity index (χ0) is 9.56. The second kappa shape index (κ2) is 6.51. The summed E-state index contributed by atoms with van der Waals surface area (Å²) in [6, 6.07) is 0. The predicted octanol–water partition coefficient (Wildman–Crippen LogP) is 4.49. The van der Waals surface area contributed by atoms with Crippen LogP contribution in [0.2, 0.25) is 0 Å². The fraction of sp³-hybridized carbons (Fsp3) is 1.00. The molecule has 0 aromatic heterocycles. The summed E-state index contributed by atoms with van der Waals surface area (Å²) in [5.41, 5.74) is 0. The molecule has 0 bridgehead atoms. The fourth-order valence-corrected chi connectivity index (χ4v) is 1.80. The molecule has 1 atom stereocenters. The van der Waals surface area contributed by atoms with Gasteiger partial charge in [-0.15, -0.1) is 0 Å². The Hall–Kier alpha value is 0. The molecular formula is C12H26. The average Bonchev–Trinajstić information content (AvgIpc) is 1.84. The van der Waals surface area contributed by atoms with Crippen molar-refractivity contribution in [2.45, 2.75) is 60.3 Å². The van der Waals surface area contributed by atoms with Crippen LogP contribution in [0.25, 0.3) is 0 Å². The van der Waals surface area contributed by atoms with Crippen LogP contribution in [0.15, 0.2) is 0 Å². The molecule has 0 aliphatic rings. The van der Waals surface area contributed by atoms with Crippen LogP contribution in [-0.2, 0) is 0 Å². The van der Waals surface area contributed by atoms with Crippen molar-refractivity contribution in [3.63, 3.8) is 0 Å². The highest BCUT2D eigenvalue weighted by Gasteiger charge is 2.04. The molecule has 0 heterocycles. The fourth-order valence-electron chi connectivity index (χ4n) is 1.80. The lowest BCUT2D eigenvalue weighted by Gasteiger charge is -2.14. The standard InChI is InChI=1S/C12H26/c1-10(2)7-6-8-12(5)9-11(3)4/h10-12H,6-9H2,1-5H3. The second-order valence-corrected chi connectivity index (χ2v) is 5.06. The molecule has 0 aliphatic carbocycles. The monoisotopic (exact) mass is 170 g/mol. The second-order valence-electron chi connectivity index (χ2n) is 5.06. The van der Waals surface area contributed by atoms with E-state index in [2.05, 4.69) is 34.6 Å². The topological polar surface area (TPSA) is 0 Å². The molecule has 0 saturated heterocycles. The summed E-state index contributed by atoms with van der Waals surface area (Å²) in [4.78, 5) is 0. The first-order valence-corrected chi connectivity index (χ1v) is 5.52. The van der Waals surface area contributed by atoms with E-state index in [1.807, 2.05) is 0 Å². The van der Waals surface area contributed by atoms with Gasteiger partial charge in [0.2, 0.25) is 0 Å². The summed E-state index contributed by atoms with van der Waals surface area (Å²) in [6.45, 7) is 11.7. The third-order valence-corrected chi connectivity index (χ3v) is 2.35. The van der Waals surface area contributed by atoms with Crippen LogP contribution in [0.3, 0.4) is 0 Å². The summed E-state index contributed by atoms with van der Waals surface area (Å²) in [6.07, 6.45) is 5.66. The lowest BCUT2D eigenvalue weighted by molar-refractivity contribution is 0.388. The maximum Gasteiger partial charge on any atom is -0.0440 e. The van der Waals surface area contributed by atoms with Gasteiger partial charge in [0.15, 0.2) is 0 Å². The molecular weight excluding hydrogens is 144 g/mol. The normalized spacial score (nSPS) is 14.2. The lowest BCUT2D eigenvalue weighted by Crippen LogP contribution is -2.00. The molecule has 0 heteroatoms. The van der Waals surface area contributed by atoms with Crippen LogP contribution < -0.4 is 0 Å². The molecule has 0 saturated carbocycles. The van der Waals surface area contributed by atoms with Crippen molar-refractivity contribution in [1.82, 2.24) is 0 Å². The number of rotatable bonds is 6. The van der Waals surface area contributed by atoms with Crippen molar-refractivity contribution in [3.8, 4) is 0 Å². The van der Waals surface area contributed by atoms with E-state index in [-0.39, 0.29) is 0 Å². The Kier molecular flexibility index (Phi) is 6.51. The summed E-state index contributed by atoms with van der Waals surface area (Å²) >= 11 is 0. The molecule has 0 aromatic carbocycles. The Balaban J connectivity index is 3.25. The smallest absolute Gasteiger partial charge is 0.0440 e. The van der Waals surface area contributed by atoms with Gasteiger partial charge in [-0.1, -0.05) is 53.9 Å². The summed E-state index contributed by atoms with van der Waals surface area (Å²) < 4.78 is 0. The van der Waals surface area contributed by atoms with Gasteiger partial charge in [0.05, 0.1) is 0 Å². The minimum absolute atomic E-state index is 0.874. The SMILES string of the molecule is CC(C)CCCC(C)CC(C)C. The van der Waals surface area contributed by atoms with Crippen molar-refractivity contribution >= 4 is 0 Å². The number of hydrogen-bond acceptors (Lipinski definition) is 0. The van der Waals surface area contributed by atoms with Crippen molar-refractivity contribution < 1.29 is 0 Å². The number of hydrogen-bond donors (Lipinski definition) is 0. The molecule has 12 heavy (non-hydrogen) atoms. The molecule has 0 N–H and O–H groups in total. The average molecular weight is 170 g/mol. The van der Waals surface area contributed by atoms with E-state index < -0.39 is 0 Å². The van der Waals surface area contributed by atoms with Crippen molar-refractivity contribution in [2.24, 2.45) is 17.8 Å². The van der Waals surface area contributed by atoms with Gasteiger partial charge in [0.25, 0.3) is 0 Å². The molecule has 0 aromatic rings. The van der Waals surface area contributed by atoms with E-state index >= 15 is 0 Å². The van der Waals surface area contributed by atoms with E-state index in [1.54, 1.807) is 0 Å². The van der Waals surface area contributed by atoms with Crippen LogP contribution in [0.5, 0.6) is 0 Å². The summed E-state index contributed by atoms with van der Waals surface area (Å²) in [5, 5.41) is 0. The van der Waals surface area contributed by atoms with Gasteiger partial charge in [-0.25, -0.2) is 0 Å². The summed E-state index contributed by atoms with van der Waals surface area (Å²) in [5.74, 6) is 2.69. The maximum absolute atomic E-state index is 2.39. The Morgan fingerprint density at radius 3 is 1.75 bits per heavy atom. The Labute approximate surface area is 78.8 Å². The minimum Gasteiger partial charge on any atom is -0.0628 e. The van der Waals surface area contributed by atoms with Crippen molar-refractivity contribution in [3.05, 3.63) is 0 Å². The highest BCUT2D eigenvalue weighted by molar-refractivity contribution is 4.57. The zero-order valence-electron chi connectivity index (χ0n) is 9.56. The maximum atomic E-state index is 2.39. The Morgan fingerprint density at radius 1 is 0.750 bits per heavy atom. The van der Waals surface area contributed by atoms with Gasteiger partial charge in [0.1, 0.15) is 0 Å². The van der Waals surface area contributed by atoms with Gasteiger partial charge < -0.3 is 0 Å². The molecule has 0 amide bonds. The molecule has 0 nitrogen and oxygen atoms in total. The van der Waals surface area contributed by atoms with Gasteiger partial charge in [0, 0.05) is 0 Å². The van der Waals surface area contributed by atoms with Crippen LogP contribution in [0.1, 0.15) is 60.3 Å². The highest BCUT2D eigenvalue weighted by Crippen LogP contribution is 2.18. The van der Waals surface area contributed by atoms with E-state index in [9.17, 15) is 0 Å². The van der Waals surface area contributed by atoms with Gasteiger partial charge in [-0.2, -0.15) is 0 Å². The highest BCUT2D eigenvalue weighted by atomic mass is 14.1. The molecule has 0 radical (unpaired) electrons. The van der Waals surface area contributed by atoms with Crippen LogP contribution in [0, 0.1) is 17.8 Å². The Morgan fingerprint density at radius 2 is 1.33 bits per heavy atom. The van der Waals surface area contributed by atoms with E-state index in [0.29, 0.717) is 0 Å². The molecule has 0 rings (SSSR count). The van der Waals surface area contributed by atoms with Crippen molar-refractivity contribution in [2.75, 3.05) is 0 Å². The molecule has 74 valence electrons. The summed E-state index contributed by atoms with van der Waals surface area (Å²) in [7, 11) is 0. The third-order valence-electron chi connectivity index (χ3n) is 2.35. The van der Waals surface area contributed by atoms with Gasteiger partial charge in [-0.05, 0) is 24.2 Å². The van der Waals surface area contributed by atoms with E-state index in [1.165, 1.54) is 25.7 Å². The largest absolute Gasteiger partial charge is 0.0628 e. The van der Waals surface area contributed by atoms with Gasteiger partial charge in [-0.3, -0.25) is 0 Å². The molecule has 0 aliphatic heterocycles. The van der Waals surface area contributed by atoms with Crippen LogP contribution in [0.4, 0.5) is 0 Å². The van der Waals surface area contributed by atoms with Crippen LogP contribution in [-0.4, -0.2) is 0 Å². The first-order chi connectivity index (χ1) is 5.52. The molecule has 1 unspecified atom stereocenters. The Bertz CT molecular complexity index is 92.2. The first kappa shape index (κ1) is 12.0. The third kappa shape index (κ3) is 8.10. The zero-order valence-corrected chi connectivity index (χ0v) is 9.56. The molecule has 0 fully saturated rings. The van der Waals surface area contributed by atoms with E-state index in [4.69, 9.17) is 0 Å². The van der Waals surface area contributed by atoms with E-state index in [0.717, 1.165) is 17.8 Å². The van der Waals surface area contributed by atoms with Gasteiger partial charge >= 0.3 is 0 Å². The lowest BCUT2D eigenvalue weighted by atomic mass is 9.93. The quantitative estimate of drug-likeness (QED) is 0.551. The molecule has 0 spiro atoms. The minimum atomic E-state index is 0.874. The van der Waals surface area contributed by atoms with Crippen molar-refractivity contribution in [1.29, 1.82) is 0 Å². The first-order valence-electron chi connectivity index (χ1n) is 5.52. The predicted molar refractivity (Wildman–Crippen MR) is 57.3 cm³/mol.